The molecule has 0 saturated carbocycles. The molecule has 1 amide bonds. The third-order valence-electron chi connectivity index (χ3n) is 4.16. The number of hydrogen-bond acceptors (Lipinski definition) is 6. The zero-order chi connectivity index (χ0) is 20.7. The normalized spacial score (nSPS) is 10.4. The molecule has 2 N–H and O–H groups in total. The largest absolute Gasteiger partial charge is 0.508 e. The summed E-state index contributed by atoms with van der Waals surface area (Å²) in [5.74, 6) is -0.149. The number of nitrogens with zero attached hydrogens (tertiary/aromatic N) is 1. The predicted molar refractivity (Wildman–Crippen MR) is 105 cm³/mol. The summed E-state index contributed by atoms with van der Waals surface area (Å²) in [5, 5.41) is 18.8. The maximum atomic E-state index is 13.0. The average molecular weight is 387 g/mol. The summed E-state index contributed by atoms with van der Waals surface area (Å²) >= 11 is 0. The summed E-state index contributed by atoms with van der Waals surface area (Å²) in [6.45, 7) is 3.77. The number of anilines is 2. The van der Waals surface area contributed by atoms with Gasteiger partial charge in [0.15, 0.2) is 0 Å². The molecular weight excluding hydrogens is 362 g/mol. The molecule has 0 atom stereocenters. The number of hydrogen-bond donors (Lipinski definition) is 2. The van der Waals surface area contributed by atoms with Gasteiger partial charge in [-0.05, 0) is 49.2 Å². The lowest BCUT2D eigenvalue weighted by atomic mass is 10.0. The van der Waals surface area contributed by atoms with Crippen LogP contribution < -0.4 is 9.64 Å². The number of carbonyl (C=O) groups is 2. The van der Waals surface area contributed by atoms with E-state index in [0.717, 1.165) is 11.1 Å². The maximum absolute atomic E-state index is 13.0. The molecule has 2 aromatic rings. The number of aliphatic hydroxyl groups excluding tert-OH is 1. The summed E-state index contributed by atoms with van der Waals surface area (Å²) < 4.78 is 10.1. The highest BCUT2D eigenvalue weighted by molar-refractivity contribution is 6.03. The first kappa shape index (κ1) is 21.2. The third-order valence-corrected chi connectivity index (χ3v) is 4.16. The Morgan fingerprint density at radius 2 is 1.75 bits per heavy atom. The second kappa shape index (κ2) is 9.75. The highest BCUT2D eigenvalue weighted by Crippen LogP contribution is 2.36. The van der Waals surface area contributed by atoms with Gasteiger partial charge in [-0.15, -0.1) is 0 Å². The van der Waals surface area contributed by atoms with Gasteiger partial charge >= 0.3 is 5.97 Å². The van der Waals surface area contributed by atoms with Gasteiger partial charge < -0.3 is 19.7 Å². The van der Waals surface area contributed by atoms with E-state index in [1.165, 1.54) is 24.1 Å². The van der Waals surface area contributed by atoms with E-state index < -0.39 is 5.97 Å². The molecule has 7 nitrogen and oxygen atoms in total. The van der Waals surface area contributed by atoms with Crippen LogP contribution in [0, 0.1) is 13.8 Å². The number of esters is 1. The highest BCUT2D eigenvalue weighted by Gasteiger charge is 2.23. The monoisotopic (exact) mass is 387 g/mol. The second-order valence-corrected chi connectivity index (χ2v) is 6.30. The van der Waals surface area contributed by atoms with E-state index in [1.54, 1.807) is 24.3 Å². The summed E-state index contributed by atoms with van der Waals surface area (Å²) in [6.07, 6.45) is -0.0790. The van der Waals surface area contributed by atoms with Crippen molar-refractivity contribution in [2.24, 2.45) is 0 Å². The lowest BCUT2D eigenvalue weighted by Crippen LogP contribution is -2.28. The Balaban J connectivity index is 2.47. The fourth-order valence-corrected chi connectivity index (χ4v) is 2.97. The van der Waals surface area contributed by atoms with E-state index in [-0.39, 0.29) is 37.7 Å². The minimum atomic E-state index is -0.467. The number of aromatic hydroxyl groups is 1. The molecule has 0 fully saturated rings. The van der Waals surface area contributed by atoms with Gasteiger partial charge in [-0.1, -0.05) is 6.07 Å². The predicted octanol–water partition coefficient (Wildman–Crippen LogP) is 3.00. The molecule has 2 rings (SSSR count). The number of carbonyl (C=O) groups excluding carboxylic acids is 2. The number of aliphatic hydroxyl groups is 1. The van der Waals surface area contributed by atoms with E-state index >= 15 is 0 Å². The van der Waals surface area contributed by atoms with E-state index in [1.807, 2.05) is 13.8 Å². The minimum Gasteiger partial charge on any atom is -0.508 e. The van der Waals surface area contributed by atoms with Crippen molar-refractivity contribution in [1.29, 1.82) is 0 Å². The van der Waals surface area contributed by atoms with E-state index in [0.29, 0.717) is 17.1 Å². The molecule has 0 spiro atoms. The molecule has 0 aliphatic rings. The number of aryl methyl sites for hydroxylation is 2. The zero-order valence-corrected chi connectivity index (χ0v) is 16.3. The molecule has 0 aliphatic heterocycles. The maximum Gasteiger partial charge on any atom is 0.306 e. The number of benzene rings is 2. The van der Waals surface area contributed by atoms with Gasteiger partial charge in [0.05, 0.1) is 31.5 Å². The number of methoxy groups -OCH3 is 1. The molecule has 150 valence electrons. The van der Waals surface area contributed by atoms with Crippen LogP contribution in [-0.2, 0) is 14.3 Å². The van der Waals surface area contributed by atoms with Gasteiger partial charge in [-0.25, -0.2) is 0 Å². The first-order valence-electron chi connectivity index (χ1n) is 8.91. The number of ether oxygens (including phenoxy) is 2. The van der Waals surface area contributed by atoms with Crippen LogP contribution in [0.25, 0.3) is 0 Å². The third kappa shape index (κ3) is 5.23. The number of phenolic OH excluding ortho intramolecular Hbond substituents is 1. The number of amides is 1. The van der Waals surface area contributed by atoms with Crippen LogP contribution in [0.5, 0.6) is 11.5 Å². The van der Waals surface area contributed by atoms with Crippen molar-refractivity contribution in [2.45, 2.75) is 26.7 Å². The van der Waals surface area contributed by atoms with Gasteiger partial charge in [0, 0.05) is 12.5 Å². The standard InChI is InChI=1S/C21H25NO6/c1-14-11-18(28-10-9-23)12-15(2)21(14)22(16-5-4-6-17(24)13-16)19(25)7-8-20(26)27-3/h4-6,11-13,23-24H,7-10H2,1-3H3. The molecule has 2 aromatic carbocycles. The molecule has 0 bridgehead atoms. The van der Waals surface area contributed by atoms with Crippen molar-refractivity contribution in [3.63, 3.8) is 0 Å². The van der Waals surface area contributed by atoms with Gasteiger partial charge in [0.1, 0.15) is 18.1 Å². The second-order valence-electron chi connectivity index (χ2n) is 6.30. The molecule has 7 heteroatoms. The first-order chi connectivity index (χ1) is 13.4. The van der Waals surface area contributed by atoms with Crippen LogP contribution in [-0.4, -0.2) is 42.4 Å². The van der Waals surface area contributed by atoms with E-state index in [4.69, 9.17) is 9.84 Å². The van der Waals surface area contributed by atoms with Gasteiger partial charge in [0.25, 0.3) is 0 Å². The number of phenols is 1. The fraction of sp³-hybridized carbons (Fsp3) is 0.333. The van der Waals surface area contributed by atoms with Crippen molar-refractivity contribution in [2.75, 3.05) is 25.2 Å². The molecule has 0 unspecified atom stereocenters. The van der Waals surface area contributed by atoms with Gasteiger partial charge in [0.2, 0.25) is 5.91 Å². The molecule has 28 heavy (non-hydrogen) atoms. The molecule has 0 saturated heterocycles. The van der Waals surface area contributed by atoms with Crippen LogP contribution >= 0.6 is 0 Å². The summed E-state index contributed by atoms with van der Waals surface area (Å²) in [6, 6.07) is 9.93. The molecule has 0 aromatic heterocycles. The van der Waals surface area contributed by atoms with Crippen LogP contribution in [0.2, 0.25) is 0 Å². The molecular formula is C21H25NO6. The Morgan fingerprint density at radius 1 is 1.07 bits per heavy atom. The Kier molecular flexibility index (Phi) is 7.40. The van der Waals surface area contributed by atoms with Crippen molar-refractivity contribution in [3.8, 4) is 11.5 Å². The van der Waals surface area contributed by atoms with E-state index in [2.05, 4.69) is 4.74 Å². The fourth-order valence-electron chi connectivity index (χ4n) is 2.97. The molecule has 0 heterocycles. The van der Waals surface area contributed by atoms with Crippen molar-refractivity contribution in [1.82, 2.24) is 0 Å². The van der Waals surface area contributed by atoms with Crippen molar-refractivity contribution >= 4 is 23.3 Å². The lowest BCUT2D eigenvalue weighted by Gasteiger charge is -2.27. The van der Waals surface area contributed by atoms with E-state index in [9.17, 15) is 14.7 Å². The average Bonchev–Trinajstić information content (AvgIpc) is 2.66. The van der Waals surface area contributed by atoms with Crippen molar-refractivity contribution in [3.05, 3.63) is 47.5 Å². The van der Waals surface area contributed by atoms with Crippen LogP contribution in [0.4, 0.5) is 11.4 Å². The van der Waals surface area contributed by atoms with Gasteiger partial charge in [-0.3, -0.25) is 14.5 Å². The Labute approximate surface area is 164 Å². The zero-order valence-electron chi connectivity index (χ0n) is 16.3. The topological polar surface area (TPSA) is 96.3 Å². The first-order valence-corrected chi connectivity index (χ1v) is 8.91. The summed E-state index contributed by atoms with van der Waals surface area (Å²) in [4.78, 5) is 26.0. The molecule has 0 radical (unpaired) electrons. The van der Waals surface area contributed by atoms with Crippen LogP contribution in [0.3, 0.4) is 0 Å². The Morgan fingerprint density at radius 3 is 2.32 bits per heavy atom. The SMILES string of the molecule is COC(=O)CCC(=O)N(c1cccc(O)c1)c1c(C)cc(OCCO)cc1C. The van der Waals surface area contributed by atoms with Crippen molar-refractivity contribution < 1.29 is 29.3 Å². The minimum absolute atomic E-state index is 0.0291. The van der Waals surface area contributed by atoms with Gasteiger partial charge in [-0.2, -0.15) is 0 Å². The van der Waals surface area contributed by atoms with Crippen LogP contribution in [0.1, 0.15) is 24.0 Å². The highest BCUT2D eigenvalue weighted by atomic mass is 16.5. The smallest absolute Gasteiger partial charge is 0.306 e. The number of rotatable bonds is 8. The summed E-state index contributed by atoms with van der Waals surface area (Å²) in [7, 11) is 1.28. The van der Waals surface area contributed by atoms with Crippen LogP contribution in [0.15, 0.2) is 36.4 Å². The molecule has 0 aliphatic carbocycles. The summed E-state index contributed by atoms with van der Waals surface area (Å²) in [5.41, 5.74) is 2.70. The quantitative estimate of drug-likeness (QED) is 0.676. The Bertz CT molecular complexity index is 826. The Hall–Kier alpha value is -3.06. The lowest BCUT2D eigenvalue weighted by molar-refractivity contribution is -0.141.